The molecule has 1 aliphatic carbocycles. The van der Waals surface area contributed by atoms with Gasteiger partial charge < -0.3 is 10.6 Å². The molecule has 14 heavy (non-hydrogen) atoms. The van der Waals surface area contributed by atoms with Gasteiger partial charge in [0, 0.05) is 12.1 Å². The SMILES string of the molecule is CNCC1(C(=O)NC(C)(C)C)CCC1. The van der Waals surface area contributed by atoms with Crippen molar-refractivity contribution in [2.24, 2.45) is 5.41 Å². The van der Waals surface area contributed by atoms with Crippen molar-refractivity contribution in [1.82, 2.24) is 10.6 Å². The van der Waals surface area contributed by atoms with Gasteiger partial charge in [-0.05, 0) is 40.7 Å². The molecule has 0 unspecified atom stereocenters. The number of nitrogens with one attached hydrogen (secondary N) is 2. The van der Waals surface area contributed by atoms with Gasteiger partial charge in [-0.2, -0.15) is 0 Å². The minimum absolute atomic E-state index is 0.118. The van der Waals surface area contributed by atoms with E-state index in [1.54, 1.807) is 0 Å². The van der Waals surface area contributed by atoms with Gasteiger partial charge in [-0.1, -0.05) is 6.42 Å². The Morgan fingerprint density at radius 1 is 1.36 bits per heavy atom. The van der Waals surface area contributed by atoms with Crippen LogP contribution in [0.15, 0.2) is 0 Å². The van der Waals surface area contributed by atoms with E-state index in [0.29, 0.717) is 0 Å². The molecule has 1 fully saturated rings. The van der Waals surface area contributed by atoms with Crippen LogP contribution in [0.2, 0.25) is 0 Å². The average molecular weight is 198 g/mol. The van der Waals surface area contributed by atoms with Gasteiger partial charge in [0.2, 0.25) is 5.91 Å². The lowest BCUT2D eigenvalue weighted by Gasteiger charge is -2.42. The summed E-state index contributed by atoms with van der Waals surface area (Å²) in [6, 6.07) is 0. The minimum Gasteiger partial charge on any atom is -0.351 e. The highest BCUT2D eigenvalue weighted by molar-refractivity contribution is 5.84. The summed E-state index contributed by atoms with van der Waals surface area (Å²) in [5.41, 5.74) is -0.241. The van der Waals surface area contributed by atoms with Crippen molar-refractivity contribution in [3.05, 3.63) is 0 Å². The third-order valence-electron chi connectivity index (χ3n) is 2.80. The molecule has 0 bridgehead atoms. The van der Waals surface area contributed by atoms with E-state index in [2.05, 4.69) is 10.6 Å². The van der Waals surface area contributed by atoms with Crippen LogP contribution < -0.4 is 10.6 Å². The van der Waals surface area contributed by atoms with Crippen molar-refractivity contribution in [1.29, 1.82) is 0 Å². The summed E-state index contributed by atoms with van der Waals surface area (Å²) in [7, 11) is 1.91. The van der Waals surface area contributed by atoms with Crippen molar-refractivity contribution in [3.63, 3.8) is 0 Å². The zero-order chi connectivity index (χ0) is 10.8. The highest BCUT2D eigenvalue weighted by Crippen LogP contribution is 2.40. The third-order valence-corrected chi connectivity index (χ3v) is 2.80. The van der Waals surface area contributed by atoms with Crippen LogP contribution in [0.1, 0.15) is 40.0 Å². The van der Waals surface area contributed by atoms with Gasteiger partial charge >= 0.3 is 0 Å². The van der Waals surface area contributed by atoms with Gasteiger partial charge in [-0.25, -0.2) is 0 Å². The van der Waals surface area contributed by atoms with Crippen LogP contribution in [0.5, 0.6) is 0 Å². The van der Waals surface area contributed by atoms with E-state index < -0.39 is 0 Å². The van der Waals surface area contributed by atoms with Crippen LogP contribution in [-0.4, -0.2) is 25.0 Å². The van der Waals surface area contributed by atoms with Crippen LogP contribution >= 0.6 is 0 Å². The van der Waals surface area contributed by atoms with Gasteiger partial charge in [-0.15, -0.1) is 0 Å². The molecule has 0 aromatic rings. The first-order valence-corrected chi connectivity index (χ1v) is 5.37. The Morgan fingerprint density at radius 3 is 2.21 bits per heavy atom. The molecule has 0 saturated heterocycles. The summed E-state index contributed by atoms with van der Waals surface area (Å²) < 4.78 is 0. The predicted octanol–water partition coefficient (Wildman–Crippen LogP) is 1.29. The third kappa shape index (κ3) is 2.47. The molecule has 3 heteroatoms. The maximum atomic E-state index is 12.0. The molecule has 1 amide bonds. The molecule has 0 atom stereocenters. The van der Waals surface area contributed by atoms with Crippen LogP contribution in [0, 0.1) is 5.41 Å². The number of rotatable bonds is 3. The van der Waals surface area contributed by atoms with Crippen LogP contribution in [-0.2, 0) is 4.79 Å². The quantitative estimate of drug-likeness (QED) is 0.717. The molecule has 0 aliphatic heterocycles. The Bertz CT molecular complexity index is 214. The Hall–Kier alpha value is -0.570. The molecule has 3 nitrogen and oxygen atoms in total. The highest BCUT2D eigenvalue weighted by atomic mass is 16.2. The van der Waals surface area contributed by atoms with Crippen LogP contribution in [0.4, 0.5) is 0 Å². The molecule has 0 radical (unpaired) electrons. The first-order chi connectivity index (χ1) is 6.40. The summed E-state index contributed by atoms with van der Waals surface area (Å²) in [6.07, 6.45) is 3.23. The Kier molecular flexibility index (Phi) is 3.20. The first kappa shape index (κ1) is 11.5. The summed E-state index contributed by atoms with van der Waals surface area (Å²) in [6.45, 7) is 6.87. The fourth-order valence-electron chi connectivity index (χ4n) is 1.90. The Balaban J connectivity index is 2.57. The molecule has 0 aromatic heterocycles. The summed E-state index contributed by atoms with van der Waals surface area (Å²) >= 11 is 0. The van der Waals surface area contributed by atoms with Crippen LogP contribution in [0.25, 0.3) is 0 Å². The van der Waals surface area contributed by atoms with Crippen molar-refractivity contribution < 1.29 is 4.79 Å². The smallest absolute Gasteiger partial charge is 0.227 e. The zero-order valence-electron chi connectivity index (χ0n) is 9.74. The molecule has 0 aromatic carbocycles. The molecule has 0 heterocycles. The molecule has 0 spiro atoms. The number of hydrogen-bond donors (Lipinski definition) is 2. The summed E-state index contributed by atoms with van der Waals surface area (Å²) in [5, 5.41) is 6.18. The van der Waals surface area contributed by atoms with Gasteiger partial charge in [0.25, 0.3) is 0 Å². The molecule has 82 valence electrons. The van der Waals surface area contributed by atoms with Crippen molar-refractivity contribution in [2.75, 3.05) is 13.6 Å². The lowest BCUT2D eigenvalue weighted by molar-refractivity contribution is -0.137. The summed E-state index contributed by atoms with van der Waals surface area (Å²) in [4.78, 5) is 12.0. The molecule has 1 aliphatic rings. The maximum Gasteiger partial charge on any atom is 0.227 e. The predicted molar refractivity (Wildman–Crippen MR) is 58.1 cm³/mol. The normalized spacial score (nSPS) is 20.0. The van der Waals surface area contributed by atoms with E-state index in [4.69, 9.17) is 0 Å². The van der Waals surface area contributed by atoms with E-state index in [9.17, 15) is 4.79 Å². The second-order valence-corrected chi connectivity index (χ2v) is 5.37. The van der Waals surface area contributed by atoms with E-state index in [1.807, 2.05) is 27.8 Å². The van der Waals surface area contributed by atoms with Crippen molar-refractivity contribution in [3.8, 4) is 0 Å². The second kappa shape index (κ2) is 3.89. The average Bonchev–Trinajstić information content (AvgIpc) is 1.92. The van der Waals surface area contributed by atoms with Gasteiger partial charge in [-0.3, -0.25) is 4.79 Å². The molecular formula is C11H22N2O. The topological polar surface area (TPSA) is 41.1 Å². The van der Waals surface area contributed by atoms with E-state index in [-0.39, 0.29) is 16.9 Å². The summed E-state index contributed by atoms with van der Waals surface area (Å²) in [5.74, 6) is 0.214. The molecular weight excluding hydrogens is 176 g/mol. The number of amides is 1. The molecule has 2 N–H and O–H groups in total. The number of carbonyl (C=O) groups is 1. The standard InChI is InChI=1S/C11H22N2O/c1-10(2,3)13-9(14)11(8-12-4)6-5-7-11/h12H,5-8H2,1-4H3,(H,13,14). The van der Waals surface area contributed by atoms with E-state index in [0.717, 1.165) is 19.4 Å². The Labute approximate surface area is 86.6 Å². The van der Waals surface area contributed by atoms with E-state index in [1.165, 1.54) is 6.42 Å². The Morgan fingerprint density at radius 2 is 1.93 bits per heavy atom. The lowest BCUT2D eigenvalue weighted by atomic mass is 9.67. The van der Waals surface area contributed by atoms with Gasteiger partial charge in [0.05, 0.1) is 5.41 Å². The second-order valence-electron chi connectivity index (χ2n) is 5.37. The van der Waals surface area contributed by atoms with E-state index >= 15 is 0 Å². The van der Waals surface area contributed by atoms with Crippen LogP contribution in [0.3, 0.4) is 0 Å². The molecule has 1 saturated carbocycles. The van der Waals surface area contributed by atoms with Gasteiger partial charge in [0.15, 0.2) is 0 Å². The lowest BCUT2D eigenvalue weighted by Crippen LogP contribution is -2.55. The zero-order valence-corrected chi connectivity index (χ0v) is 9.74. The first-order valence-electron chi connectivity index (χ1n) is 5.37. The maximum absolute atomic E-state index is 12.0. The van der Waals surface area contributed by atoms with Crippen molar-refractivity contribution in [2.45, 2.75) is 45.6 Å². The molecule has 1 rings (SSSR count). The fourth-order valence-corrected chi connectivity index (χ4v) is 1.90. The van der Waals surface area contributed by atoms with Gasteiger partial charge in [0.1, 0.15) is 0 Å². The highest BCUT2D eigenvalue weighted by Gasteiger charge is 2.44. The minimum atomic E-state index is -0.123. The fraction of sp³-hybridized carbons (Fsp3) is 0.909. The van der Waals surface area contributed by atoms with Crippen molar-refractivity contribution >= 4 is 5.91 Å². The largest absolute Gasteiger partial charge is 0.351 e. The number of carbonyl (C=O) groups excluding carboxylic acids is 1. The number of hydrogen-bond acceptors (Lipinski definition) is 2. The monoisotopic (exact) mass is 198 g/mol.